The second-order valence-corrected chi connectivity index (χ2v) is 7.65. The highest BCUT2D eigenvalue weighted by Crippen LogP contribution is 2.34. The Morgan fingerprint density at radius 2 is 2.04 bits per heavy atom. The summed E-state index contributed by atoms with van der Waals surface area (Å²) in [6.45, 7) is 0.685. The fraction of sp³-hybridized carbons (Fsp3) is 0.312. The van der Waals surface area contributed by atoms with Gasteiger partial charge in [0, 0.05) is 41.7 Å². The predicted octanol–water partition coefficient (Wildman–Crippen LogP) is 4.19. The largest absolute Gasteiger partial charge is 0.368 e. The molecule has 1 fully saturated rings. The lowest BCUT2D eigenvalue weighted by Crippen LogP contribution is -2.25. The number of aromatic nitrogens is 4. The molecule has 25 heavy (non-hydrogen) atoms. The highest BCUT2D eigenvalue weighted by atomic mass is 35.5. The van der Waals surface area contributed by atoms with E-state index in [9.17, 15) is 0 Å². The number of ether oxygens (including phenoxy) is 1. The third kappa shape index (κ3) is 3.50. The molecular formula is C16H15Cl2N5OS. The molecule has 1 saturated heterocycles. The molecule has 0 aliphatic carbocycles. The highest BCUT2D eigenvalue weighted by molar-refractivity contribution is 7.18. The van der Waals surface area contributed by atoms with Gasteiger partial charge in [-0.2, -0.15) is 0 Å². The second kappa shape index (κ2) is 6.92. The first kappa shape index (κ1) is 16.8. The third-order valence-corrected chi connectivity index (χ3v) is 5.39. The van der Waals surface area contributed by atoms with Gasteiger partial charge in [-0.3, -0.25) is 0 Å². The van der Waals surface area contributed by atoms with Gasteiger partial charge in [0.25, 0.3) is 0 Å². The zero-order valence-electron chi connectivity index (χ0n) is 13.3. The Morgan fingerprint density at radius 1 is 1.24 bits per heavy atom. The van der Waals surface area contributed by atoms with Crippen molar-refractivity contribution >= 4 is 39.7 Å². The third-order valence-electron chi connectivity index (χ3n) is 4.05. The summed E-state index contributed by atoms with van der Waals surface area (Å²) in [5.74, 6) is 0.904. The lowest BCUT2D eigenvalue weighted by molar-refractivity contribution is 0.0983. The van der Waals surface area contributed by atoms with Gasteiger partial charge in [0.2, 0.25) is 5.13 Å². The van der Waals surface area contributed by atoms with E-state index >= 15 is 0 Å². The van der Waals surface area contributed by atoms with Crippen molar-refractivity contribution in [3.63, 3.8) is 0 Å². The summed E-state index contributed by atoms with van der Waals surface area (Å²) in [6.07, 6.45) is 4.48. The van der Waals surface area contributed by atoms with Crippen LogP contribution >= 0.6 is 34.5 Å². The van der Waals surface area contributed by atoms with Crippen molar-refractivity contribution in [2.75, 3.05) is 11.9 Å². The number of benzene rings is 1. The number of rotatable bonds is 4. The van der Waals surface area contributed by atoms with E-state index in [0.29, 0.717) is 16.7 Å². The first-order valence-electron chi connectivity index (χ1n) is 7.75. The van der Waals surface area contributed by atoms with Gasteiger partial charge in [0.15, 0.2) is 0 Å². The Morgan fingerprint density at radius 3 is 2.76 bits per heavy atom. The molecule has 0 amide bonds. The van der Waals surface area contributed by atoms with Crippen LogP contribution in [0, 0.1) is 0 Å². The Balaban J connectivity index is 1.54. The Bertz CT molecular complexity index is 876. The molecular weight excluding hydrogens is 381 g/mol. The van der Waals surface area contributed by atoms with Crippen molar-refractivity contribution in [2.24, 2.45) is 7.05 Å². The number of hydrogen-bond acceptors (Lipinski definition) is 6. The molecule has 0 unspecified atom stereocenters. The van der Waals surface area contributed by atoms with Crippen LogP contribution in [-0.2, 0) is 11.8 Å². The average Bonchev–Trinajstić information content (AvgIpc) is 3.28. The molecule has 9 heteroatoms. The molecule has 2 atom stereocenters. The monoisotopic (exact) mass is 395 g/mol. The highest BCUT2D eigenvalue weighted by Gasteiger charge is 2.33. The van der Waals surface area contributed by atoms with E-state index < -0.39 is 0 Å². The zero-order chi connectivity index (χ0) is 17.4. The standard InChI is InChI=1S/C16H15Cl2N5OS/c1-23-4-3-19-14(23)13-12(2-5-24-13)20-16-22-21-15(25-16)9-6-10(17)8-11(18)7-9/h3-4,6-8,12-13H,2,5H2,1H3,(H,20,22)/t12-,13-/m0/s1. The molecule has 6 nitrogen and oxygen atoms in total. The lowest BCUT2D eigenvalue weighted by atomic mass is 10.1. The molecule has 3 heterocycles. The first-order valence-corrected chi connectivity index (χ1v) is 9.33. The Kier molecular flexibility index (Phi) is 4.64. The first-order chi connectivity index (χ1) is 12.1. The molecule has 0 spiro atoms. The molecule has 130 valence electrons. The molecule has 1 N–H and O–H groups in total. The summed E-state index contributed by atoms with van der Waals surface area (Å²) < 4.78 is 7.84. The van der Waals surface area contributed by atoms with Crippen LogP contribution in [0.1, 0.15) is 18.3 Å². The lowest BCUT2D eigenvalue weighted by Gasteiger charge is -2.18. The quantitative estimate of drug-likeness (QED) is 0.717. The van der Waals surface area contributed by atoms with E-state index in [1.807, 2.05) is 29.9 Å². The van der Waals surface area contributed by atoms with Gasteiger partial charge in [-0.1, -0.05) is 34.5 Å². The number of nitrogens with zero attached hydrogens (tertiary/aromatic N) is 4. The van der Waals surface area contributed by atoms with E-state index in [1.54, 1.807) is 12.3 Å². The molecule has 0 bridgehead atoms. The van der Waals surface area contributed by atoms with E-state index in [-0.39, 0.29) is 12.1 Å². The van der Waals surface area contributed by atoms with Crippen molar-refractivity contribution in [2.45, 2.75) is 18.6 Å². The topological polar surface area (TPSA) is 64.9 Å². The van der Waals surface area contributed by atoms with Crippen molar-refractivity contribution in [1.82, 2.24) is 19.7 Å². The van der Waals surface area contributed by atoms with Crippen LogP contribution in [0.3, 0.4) is 0 Å². The predicted molar refractivity (Wildman–Crippen MR) is 99.3 cm³/mol. The summed E-state index contributed by atoms with van der Waals surface area (Å²) in [5.41, 5.74) is 0.853. The van der Waals surface area contributed by atoms with Crippen molar-refractivity contribution in [1.29, 1.82) is 0 Å². The van der Waals surface area contributed by atoms with Crippen LogP contribution < -0.4 is 5.32 Å². The number of hydrogen-bond donors (Lipinski definition) is 1. The van der Waals surface area contributed by atoms with Gasteiger partial charge in [-0.25, -0.2) is 4.98 Å². The maximum atomic E-state index is 6.07. The van der Waals surface area contributed by atoms with Gasteiger partial charge in [0.05, 0.1) is 6.04 Å². The van der Waals surface area contributed by atoms with Crippen LogP contribution in [0.25, 0.3) is 10.6 Å². The van der Waals surface area contributed by atoms with Crippen LogP contribution in [0.5, 0.6) is 0 Å². The number of anilines is 1. The summed E-state index contributed by atoms with van der Waals surface area (Å²) in [4.78, 5) is 4.40. The molecule has 0 saturated carbocycles. The molecule has 3 aromatic rings. The number of imidazole rings is 1. The van der Waals surface area contributed by atoms with E-state index in [2.05, 4.69) is 20.5 Å². The number of aryl methyl sites for hydroxylation is 1. The minimum absolute atomic E-state index is 0.102. The number of halogens is 2. The minimum Gasteiger partial charge on any atom is -0.368 e. The van der Waals surface area contributed by atoms with Crippen LogP contribution in [0.4, 0.5) is 5.13 Å². The van der Waals surface area contributed by atoms with E-state index in [0.717, 1.165) is 27.9 Å². The van der Waals surface area contributed by atoms with Gasteiger partial charge >= 0.3 is 0 Å². The molecule has 1 aromatic carbocycles. The summed E-state index contributed by atoms with van der Waals surface area (Å²) in [7, 11) is 1.97. The summed E-state index contributed by atoms with van der Waals surface area (Å²) >= 11 is 13.6. The fourth-order valence-corrected chi connectivity index (χ4v) is 4.20. The fourth-order valence-electron chi connectivity index (χ4n) is 2.88. The van der Waals surface area contributed by atoms with Gasteiger partial charge in [-0.05, 0) is 24.6 Å². The summed E-state index contributed by atoms with van der Waals surface area (Å²) in [6, 6.07) is 5.45. The molecule has 1 aliphatic heterocycles. The van der Waals surface area contributed by atoms with Crippen LogP contribution in [-0.4, -0.2) is 32.4 Å². The average molecular weight is 396 g/mol. The Labute approximate surface area is 158 Å². The van der Waals surface area contributed by atoms with Crippen LogP contribution in [0.15, 0.2) is 30.6 Å². The summed E-state index contributed by atoms with van der Waals surface area (Å²) in [5, 5.41) is 14.6. The molecule has 4 rings (SSSR count). The van der Waals surface area contributed by atoms with Gasteiger partial charge in [-0.15, -0.1) is 10.2 Å². The maximum absolute atomic E-state index is 6.07. The van der Waals surface area contributed by atoms with Crippen LogP contribution in [0.2, 0.25) is 10.0 Å². The number of nitrogens with one attached hydrogen (secondary N) is 1. The van der Waals surface area contributed by atoms with Gasteiger partial charge < -0.3 is 14.6 Å². The normalized spacial score (nSPS) is 20.1. The second-order valence-electron chi connectivity index (χ2n) is 5.80. The minimum atomic E-state index is -0.104. The van der Waals surface area contributed by atoms with Gasteiger partial charge in [0.1, 0.15) is 16.9 Å². The maximum Gasteiger partial charge on any atom is 0.206 e. The SMILES string of the molecule is Cn1ccnc1[C@H]1OCC[C@@H]1Nc1nnc(-c2cc(Cl)cc(Cl)c2)s1. The Hall–Kier alpha value is -1.67. The van der Waals surface area contributed by atoms with Crippen molar-refractivity contribution < 1.29 is 4.74 Å². The molecule has 1 aliphatic rings. The van der Waals surface area contributed by atoms with Crippen molar-refractivity contribution in [3.05, 3.63) is 46.5 Å². The van der Waals surface area contributed by atoms with Crippen molar-refractivity contribution in [3.8, 4) is 10.6 Å². The zero-order valence-corrected chi connectivity index (χ0v) is 15.6. The molecule has 2 aromatic heterocycles. The van der Waals surface area contributed by atoms with E-state index in [4.69, 9.17) is 27.9 Å². The smallest absolute Gasteiger partial charge is 0.206 e. The van der Waals surface area contributed by atoms with E-state index in [1.165, 1.54) is 11.3 Å². The molecule has 0 radical (unpaired) electrons.